The van der Waals surface area contributed by atoms with Crippen LogP contribution in [0.3, 0.4) is 0 Å². The van der Waals surface area contributed by atoms with Crippen molar-refractivity contribution in [1.82, 2.24) is 0 Å². The van der Waals surface area contributed by atoms with Crippen LogP contribution in [-0.4, -0.2) is 23.1 Å². The van der Waals surface area contributed by atoms with Crippen molar-refractivity contribution in [2.45, 2.75) is 13.3 Å². The molecule has 2 rings (SSSR count). The van der Waals surface area contributed by atoms with E-state index < -0.39 is 0 Å². The number of hydrogen-bond acceptors (Lipinski definition) is 4. The summed E-state index contributed by atoms with van der Waals surface area (Å²) in [6.07, 6.45) is 7.55. The summed E-state index contributed by atoms with van der Waals surface area (Å²) in [7, 11) is 1.51. The molecule has 0 bridgehead atoms. The zero-order valence-electron chi connectivity index (χ0n) is 13.7. The quantitative estimate of drug-likeness (QED) is 0.476. The average molecular weight is 324 g/mol. The minimum Gasteiger partial charge on any atom is -0.508 e. The molecule has 0 heterocycles. The third-order valence-electron chi connectivity index (χ3n) is 3.57. The second kappa shape index (κ2) is 8.02. The van der Waals surface area contributed by atoms with Gasteiger partial charge in [-0.3, -0.25) is 4.79 Å². The lowest BCUT2D eigenvalue weighted by atomic mass is 10.0. The predicted octanol–water partition coefficient (Wildman–Crippen LogP) is 4.12. The molecule has 0 atom stereocenters. The number of carbonyl (C=O) groups excluding carboxylic acids is 1. The number of phenols is 2. The van der Waals surface area contributed by atoms with Gasteiger partial charge >= 0.3 is 0 Å². The molecule has 0 amide bonds. The Balaban J connectivity index is 2.29. The van der Waals surface area contributed by atoms with Crippen LogP contribution >= 0.6 is 0 Å². The molecule has 0 aliphatic rings. The highest BCUT2D eigenvalue weighted by Crippen LogP contribution is 2.30. The summed E-state index contributed by atoms with van der Waals surface area (Å²) in [5.74, 6) is 0.586. The first-order valence-electron chi connectivity index (χ1n) is 7.57. The molecule has 0 fully saturated rings. The van der Waals surface area contributed by atoms with Gasteiger partial charge in [0, 0.05) is 17.2 Å². The van der Waals surface area contributed by atoms with E-state index >= 15 is 0 Å². The van der Waals surface area contributed by atoms with Crippen molar-refractivity contribution < 1.29 is 19.7 Å². The highest BCUT2D eigenvalue weighted by molar-refractivity contribution is 6.07. The fourth-order valence-electron chi connectivity index (χ4n) is 2.24. The number of phenolic OH excluding ortho intramolecular Hbond substituents is 2. The van der Waals surface area contributed by atoms with Crippen molar-refractivity contribution in [3.05, 3.63) is 71.3 Å². The molecule has 24 heavy (non-hydrogen) atoms. The summed E-state index contributed by atoms with van der Waals surface area (Å²) in [6.45, 7) is 1.91. The van der Waals surface area contributed by atoms with Crippen LogP contribution in [0.15, 0.2) is 54.6 Å². The largest absolute Gasteiger partial charge is 0.508 e. The first-order chi connectivity index (χ1) is 11.5. The molecule has 0 saturated heterocycles. The molecule has 2 aromatic carbocycles. The number of aromatic hydroxyl groups is 2. The molecule has 124 valence electrons. The van der Waals surface area contributed by atoms with E-state index in [4.69, 9.17) is 4.74 Å². The van der Waals surface area contributed by atoms with Crippen molar-refractivity contribution in [2.75, 3.05) is 7.11 Å². The SMILES string of the molecule is CC=CCc1cc(C=CC(=O)c2ccc(O)cc2)c(OC)cc1O. The van der Waals surface area contributed by atoms with Gasteiger partial charge in [-0.05, 0) is 61.4 Å². The molecule has 4 nitrogen and oxygen atoms in total. The van der Waals surface area contributed by atoms with Crippen LogP contribution in [0.4, 0.5) is 0 Å². The summed E-state index contributed by atoms with van der Waals surface area (Å²) < 4.78 is 5.27. The average Bonchev–Trinajstić information content (AvgIpc) is 2.59. The maximum atomic E-state index is 12.2. The molecule has 2 N–H and O–H groups in total. The smallest absolute Gasteiger partial charge is 0.185 e. The summed E-state index contributed by atoms with van der Waals surface area (Å²) in [4.78, 5) is 12.2. The second-order valence-electron chi connectivity index (χ2n) is 5.24. The zero-order chi connectivity index (χ0) is 17.5. The van der Waals surface area contributed by atoms with Crippen molar-refractivity contribution in [3.8, 4) is 17.2 Å². The van der Waals surface area contributed by atoms with Crippen molar-refractivity contribution in [2.24, 2.45) is 0 Å². The Morgan fingerprint density at radius 3 is 2.50 bits per heavy atom. The molecule has 0 radical (unpaired) electrons. The molecule has 0 aliphatic carbocycles. The molecule has 4 heteroatoms. The van der Waals surface area contributed by atoms with E-state index in [1.54, 1.807) is 30.3 Å². The van der Waals surface area contributed by atoms with Gasteiger partial charge in [-0.1, -0.05) is 12.2 Å². The number of carbonyl (C=O) groups is 1. The summed E-state index contributed by atoms with van der Waals surface area (Å²) in [5, 5.41) is 19.3. The van der Waals surface area contributed by atoms with Gasteiger partial charge < -0.3 is 14.9 Å². The molecule has 0 unspecified atom stereocenters. The lowest BCUT2D eigenvalue weighted by Crippen LogP contribution is -1.95. The molecule has 0 spiro atoms. The van der Waals surface area contributed by atoms with Crippen LogP contribution in [0.5, 0.6) is 17.2 Å². The first kappa shape index (κ1) is 17.3. The van der Waals surface area contributed by atoms with Crippen LogP contribution in [0.25, 0.3) is 6.08 Å². The van der Waals surface area contributed by atoms with Crippen LogP contribution in [-0.2, 0) is 6.42 Å². The van der Waals surface area contributed by atoms with E-state index in [-0.39, 0.29) is 17.3 Å². The van der Waals surface area contributed by atoms with Crippen LogP contribution in [0, 0.1) is 0 Å². The Bertz CT molecular complexity index is 771. The van der Waals surface area contributed by atoms with Gasteiger partial charge in [0.25, 0.3) is 0 Å². The fraction of sp³-hybridized carbons (Fsp3) is 0.150. The van der Waals surface area contributed by atoms with E-state index in [2.05, 4.69) is 0 Å². The molecule has 2 aromatic rings. The van der Waals surface area contributed by atoms with E-state index in [0.29, 0.717) is 23.3 Å². The third-order valence-corrected chi connectivity index (χ3v) is 3.57. The van der Waals surface area contributed by atoms with Crippen molar-refractivity contribution >= 4 is 11.9 Å². The summed E-state index contributed by atoms with van der Waals surface area (Å²) in [6, 6.07) is 9.41. The number of ether oxygens (including phenoxy) is 1. The summed E-state index contributed by atoms with van der Waals surface area (Å²) >= 11 is 0. The van der Waals surface area contributed by atoms with Crippen molar-refractivity contribution in [3.63, 3.8) is 0 Å². The number of ketones is 1. The van der Waals surface area contributed by atoms with Gasteiger partial charge in [-0.15, -0.1) is 0 Å². The Labute approximate surface area is 141 Å². The fourth-order valence-corrected chi connectivity index (χ4v) is 2.24. The topological polar surface area (TPSA) is 66.8 Å². The van der Waals surface area contributed by atoms with Crippen LogP contribution < -0.4 is 4.74 Å². The molecular formula is C20H20O4. The number of benzene rings is 2. The monoisotopic (exact) mass is 324 g/mol. The van der Waals surface area contributed by atoms with Crippen LogP contribution in [0.1, 0.15) is 28.4 Å². The maximum absolute atomic E-state index is 12.2. The normalized spacial score (nSPS) is 11.2. The Kier molecular flexibility index (Phi) is 5.79. The van der Waals surface area contributed by atoms with Gasteiger partial charge in [0.2, 0.25) is 0 Å². The highest BCUT2D eigenvalue weighted by atomic mass is 16.5. The summed E-state index contributed by atoms with van der Waals surface area (Å²) in [5.41, 5.74) is 1.95. The number of allylic oxidation sites excluding steroid dienone is 3. The zero-order valence-corrected chi connectivity index (χ0v) is 13.7. The Hall–Kier alpha value is -3.01. The standard InChI is InChI=1S/C20H20O4/c1-3-4-5-15-12-16(20(24-2)13-19(15)23)8-11-18(22)14-6-9-17(21)10-7-14/h3-4,6-13,21,23H,5H2,1-2H3. The Morgan fingerprint density at radius 1 is 1.17 bits per heavy atom. The lowest BCUT2D eigenvalue weighted by Gasteiger charge is -2.09. The number of methoxy groups -OCH3 is 1. The van der Waals surface area contributed by atoms with E-state index in [0.717, 1.165) is 5.56 Å². The van der Waals surface area contributed by atoms with Crippen LogP contribution in [0.2, 0.25) is 0 Å². The molecule has 0 aliphatic heterocycles. The van der Waals surface area contributed by atoms with Crippen molar-refractivity contribution in [1.29, 1.82) is 0 Å². The third kappa shape index (κ3) is 4.26. The lowest BCUT2D eigenvalue weighted by molar-refractivity contribution is 0.104. The van der Waals surface area contributed by atoms with E-state index in [1.807, 2.05) is 19.1 Å². The second-order valence-corrected chi connectivity index (χ2v) is 5.24. The minimum atomic E-state index is -0.180. The predicted molar refractivity (Wildman–Crippen MR) is 94.6 cm³/mol. The molecule has 0 saturated carbocycles. The van der Waals surface area contributed by atoms with Gasteiger partial charge in [0.05, 0.1) is 7.11 Å². The Morgan fingerprint density at radius 2 is 1.88 bits per heavy atom. The molecule has 0 aromatic heterocycles. The minimum absolute atomic E-state index is 0.115. The molecular weight excluding hydrogens is 304 g/mol. The van der Waals surface area contributed by atoms with Gasteiger partial charge in [0.15, 0.2) is 5.78 Å². The van der Waals surface area contributed by atoms with Gasteiger partial charge in [-0.2, -0.15) is 0 Å². The highest BCUT2D eigenvalue weighted by Gasteiger charge is 2.08. The van der Waals surface area contributed by atoms with Gasteiger partial charge in [0.1, 0.15) is 17.2 Å². The van der Waals surface area contributed by atoms with Gasteiger partial charge in [-0.25, -0.2) is 0 Å². The van der Waals surface area contributed by atoms with E-state index in [1.165, 1.54) is 25.3 Å². The number of hydrogen-bond donors (Lipinski definition) is 2. The maximum Gasteiger partial charge on any atom is 0.185 e. The number of rotatable bonds is 6. The van der Waals surface area contributed by atoms with E-state index in [9.17, 15) is 15.0 Å². The first-order valence-corrected chi connectivity index (χ1v) is 7.57.